The first-order valence-electron chi connectivity index (χ1n) is 14.7. The first kappa shape index (κ1) is 31.3. The van der Waals surface area contributed by atoms with Crippen LogP contribution in [0.3, 0.4) is 0 Å². The molecule has 1 aromatic carbocycles. The topological polar surface area (TPSA) is 152 Å². The van der Waals surface area contributed by atoms with Crippen LogP contribution >= 0.6 is 0 Å². The molecule has 0 radical (unpaired) electrons. The molecular weight excluding hydrogens is 577 g/mol. The third-order valence-corrected chi connectivity index (χ3v) is 7.21. The summed E-state index contributed by atoms with van der Waals surface area (Å²) in [5, 5.41) is 27.3. The van der Waals surface area contributed by atoms with E-state index in [2.05, 4.69) is 36.1 Å². The summed E-state index contributed by atoms with van der Waals surface area (Å²) in [5.41, 5.74) is 2.21. The lowest BCUT2D eigenvalue weighted by atomic mass is 9.88. The Morgan fingerprint density at radius 2 is 1.87 bits per heavy atom. The molecule has 5 rings (SSSR count). The summed E-state index contributed by atoms with van der Waals surface area (Å²) in [6, 6.07) is 13.9. The lowest BCUT2D eigenvalue weighted by Crippen LogP contribution is -2.52. The number of aryl methyl sites for hydroxylation is 1. The van der Waals surface area contributed by atoms with Crippen molar-refractivity contribution in [1.82, 2.24) is 30.3 Å². The van der Waals surface area contributed by atoms with Crippen molar-refractivity contribution in [3.63, 3.8) is 0 Å². The summed E-state index contributed by atoms with van der Waals surface area (Å²) < 4.78 is 27.0. The van der Waals surface area contributed by atoms with Gasteiger partial charge in [-0.15, -0.1) is 4.80 Å². The number of rotatable bonds is 9. The Kier molecular flexibility index (Phi) is 9.53. The first-order chi connectivity index (χ1) is 21.6. The highest BCUT2D eigenvalue weighted by Crippen LogP contribution is 2.29. The van der Waals surface area contributed by atoms with Gasteiger partial charge in [-0.05, 0) is 64.7 Å². The highest BCUT2D eigenvalue weighted by molar-refractivity contribution is 5.69. The van der Waals surface area contributed by atoms with Gasteiger partial charge in [0.1, 0.15) is 17.4 Å². The van der Waals surface area contributed by atoms with Crippen LogP contribution in [0.25, 0.3) is 5.69 Å². The number of ether oxygens (including phenoxy) is 2. The van der Waals surface area contributed by atoms with Gasteiger partial charge in [-0.2, -0.15) is 15.5 Å². The molecule has 0 spiro atoms. The number of nitriles is 1. The number of pyridine rings is 2. The largest absolute Gasteiger partial charge is 0.444 e. The van der Waals surface area contributed by atoms with Gasteiger partial charge in [0.25, 0.3) is 0 Å². The number of carbonyl (C=O) groups excluding carboxylic acids is 1. The molecule has 3 aromatic heterocycles. The van der Waals surface area contributed by atoms with E-state index < -0.39 is 29.6 Å². The lowest BCUT2D eigenvalue weighted by Gasteiger charge is -2.37. The number of alkyl carbamates (subject to hydrolysis) is 1. The minimum Gasteiger partial charge on any atom is -0.444 e. The Hall–Kier alpha value is -5.09. The summed E-state index contributed by atoms with van der Waals surface area (Å²) in [4.78, 5) is 23.1. The zero-order chi connectivity index (χ0) is 32.0. The van der Waals surface area contributed by atoms with Crippen LogP contribution in [0.5, 0.6) is 0 Å². The summed E-state index contributed by atoms with van der Waals surface area (Å²) in [5.74, 6) is -0.614. The molecule has 234 valence electrons. The summed E-state index contributed by atoms with van der Waals surface area (Å²) >= 11 is 0. The molecule has 3 N–H and O–H groups in total. The quantitative estimate of drug-likeness (QED) is 0.219. The van der Waals surface area contributed by atoms with Crippen molar-refractivity contribution in [2.24, 2.45) is 0 Å². The third kappa shape index (κ3) is 8.30. The summed E-state index contributed by atoms with van der Waals surface area (Å²) in [6.07, 6.45) is 5.71. The molecule has 1 fully saturated rings. The van der Waals surface area contributed by atoms with E-state index in [-0.39, 0.29) is 23.3 Å². The van der Waals surface area contributed by atoms with Crippen molar-refractivity contribution in [1.29, 1.82) is 5.26 Å². The Morgan fingerprint density at radius 1 is 1.11 bits per heavy atom. The Morgan fingerprint density at radius 3 is 2.58 bits per heavy atom. The van der Waals surface area contributed by atoms with E-state index in [9.17, 15) is 10.1 Å². The van der Waals surface area contributed by atoms with Crippen LogP contribution in [0.1, 0.15) is 56.9 Å². The molecule has 12 nitrogen and oxygen atoms in total. The Bertz CT molecular complexity index is 1650. The number of benzene rings is 1. The fourth-order valence-corrected chi connectivity index (χ4v) is 5.08. The van der Waals surface area contributed by atoms with Crippen molar-refractivity contribution in [2.75, 3.05) is 10.6 Å². The van der Waals surface area contributed by atoms with Gasteiger partial charge in [0.05, 0.1) is 54.3 Å². The smallest absolute Gasteiger partial charge is 0.407 e. The normalized spacial score (nSPS) is 18.1. The zero-order valence-corrected chi connectivity index (χ0v) is 25.6. The van der Waals surface area contributed by atoms with E-state index in [0.717, 1.165) is 11.6 Å². The van der Waals surface area contributed by atoms with E-state index in [1.165, 1.54) is 4.80 Å². The fourth-order valence-electron chi connectivity index (χ4n) is 5.08. The molecule has 3 heterocycles. The van der Waals surface area contributed by atoms with Crippen LogP contribution in [0.2, 0.25) is 0 Å². The van der Waals surface area contributed by atoms with Crippen molar-refractivity contribution in [3.05, 3.63) is 83.7 Å². The summed E-state index contributed by atoms with van der Waals surface area (Å²) in [6.45, 7) is 7.63. The highest BCUT2D eigenvalue weighted by Gasteiger charge is 2.34. The maximum absolute atomic E-state index is 15.3. The monoisotopic (exact) mass is 613 g/mol. The molecule has 1 aliphatic rings. The van der Waals surface area contributed by atoms with Gasteiger partial charge >= 0.3 is 6.09 Å². The molecule has 13 heteroatoms. The number of nitrogens with zero attached hydrogens (tertiary/aromatic N) is 6. The van der Waals surface area contributed by atoms with Gasteiger partial charge in [-0.25, -0.2) is 14.2 Å². The maximum atomic E-state index is 15.3. The van der Waals surface area contributed by atoms with Crippen LogP contribution in [0, 0.1) is 24.1 Å². The average Bonchev–Trinajstić information content (AvgIpc) is 3.54. The van der Waals surface area contributed by atoms with E-state index in [0.29, 0.717) is 42.9 Å². The van der Waals surface area contributed by atoms with E-state index >= 15 is 4.39 Å². The Balaban J connectivity index is 1.35. The van der Waals surface area contributed by atoms with E-state index in [1.54, 1.807) is 45.4 Å². The van der Waals surface area contributed by atoms with Gasteiger partial charge in [0.2, 0.25) is 0 Å². The number of amides is 1. The number of hydrogen-bond acceptors (Lipinski definition) is 10. The highest BCUT2D eigenvalue weighted by atomic mass is 19.1. The van der Waals surface area contributed by atoms with Gasteiger partial charge < -0.3 is 25.4 Å². The second-order valence-electron chi connectivity index (χ2n) is 11.8. The zero-order valence-electron chi connectivity index (χ0n) is 25.6. The molecule has 0 bridgehead atoms. The van der Waals surface area contributed by atoms with Gasteiger partial charge in [0.15, 0.2) is 17.5 Å². The van der Waals surface area contributed by atoms with Crippen molar-refractivity contribution in [2.45, 2.75) is 77.4 Å². The number of halogens is 1. The van der Waals surface area contributed by atoms with Crippen LogP contribution < -0.4 is 16.0 Å². The maximum Gasteiger partial charge on any atom is 0.407 e. The molecule has 0 saturated heterocycles. The molecule has 1 saturated carbocycles. The fraction of sp³-hybridized carbons (Fsp3) is 0.375. The average molecular weight is 614 g/mol. The van der Waals surface area contributed by atoms with Crippen LogP contribution in [-0.2, 0) is 16.1 Å². The first-order valence-corrected chi connectivity index (χ1v) is 14.7. The minimum absolute atomic E-state index is 0.0128. The van der Waals surface area contributed by atoms with Crippen LogP contribution in [-0.4, -0.2) is 54.8 Å². The Labute approximate surface area is 261 Å². The predicted molar refractivity (Wildman–Crippen MR) is 166 cm³/mol. The third-order valence-electron chi connectivity index (χ3n) is 7.21. The van der Waals surface area contributed by atoms with E-state index in [4.69, 9.17) is 9.47 Å². The molecule has 1 amide bonds. The molecule has 0 aliphatic heterocycles. The van der Waals surface area contributed by atoms with Crippen LogP contribution in [0.4, 0.5) is 26.5 Å². The number of aromatic nitrogens is 5. The second-order valence-corrected chi connectivity index (χ2v) is 11.8. The summed E-state index contributed by atoms with van der Waals surface area (Å²) in [7, 11) is 0. The van der Waals surface area contributed by atoms with Gasteiger partial charge in [0, 0.05) is 6.04 Å². The molecule has 3 atom stereocenters. The van der Waals surface area contributed by atoms with Gasteiger partial charge in [-0.3, -0.25) is 4.98 Å². The molecule has 45 heavy (non-hydrogen) atoms. The van der Waals surface area contributed by atoms with Crippen molar-refractivity contribution in [3.8, 4) is 11.8 Å². The molecule has 4 aromatic rings. The van der Waals surface area contributed by atoms with Crippen LogP contribution in [0.15, 0.2) is 61.1 Å². The molecule has 0 unspecified atom stereocenters. The SMILES string of the molecule is Cc1ncc(Nc2nc(N[C@@H]3CC[C@@H](OCc4ccccc4)C[C@@H]3NC(=O)OC(C)(C)C)c(F)cc2C#N)cc1-n1nccn1. The van der Waals surface area contributed by atoms with Crippen molar-refractivity contribution < 1.29 is 18.7 Å². The molecule has 1 aliphatic carbocycles. The standard InChI is InChI=1S/C32H36FN9O3/c1-20-28(42-36-12-13-37-42)15-23(18-35-20)38-29-22(17-34)14-25(33)30(41-29)39-26-11-10-24(44-19-21-8-6-5-7-9-21)16-27(26)40-31(43)45-32(2,3)4/h5-9,12-15,18,24,26-27H,10-11,16,19H2,1-4H3,(H,40,43)(H2,38,39,41)/t24-,26-,27+/m1/s1. The predicted octanol–water partition coefficient (Wildman–Crippen LogP) is 5.56. The van der Waals surface area contributed by atoms with E-state index in [1.807, 2.05) is 43.3 Å². The minimum atomic E-state index is -0.695. The molecular formula is C32H36FN9O3. The second kappa shape index (κ2) is 13.7. The van der Waals surface area contributed by atoms with Gasteiger partial charge in [-0.1, -0.05) is 30.3 Å². The number of anilines is 3. The lowest BCUT2D eigenvalue weighted by molar-refractivity contribution is 0.00255. The van der Waals surface area contributed by atoms with Crippen molar-refractivity contribution >= 4 is 23.4 Å². The number of carbonyl (C=O) groups is 1. The number of hydrogen-bond donors (Lipinski definition) is 3. The number of nitrogens with one attached hydrogen (secondary N) is 3.